The van der Waals surface area contributed by atoms with Gasteiger partial charge in [0.25, 0.3) is 0 Å². The molecule has 0 saturated heterocycles. The molecular weight excluding hydrogens is 329 g/mol. The van der Waals surface area contributed by atoms with Crippen LogP contribution in [0.4, 0.5) is 15.8 Å². The largest absolute Gasteiger partial charge is 0.387 e. The highest BCUT2D eigenvalue weighted by atomic mass is 32.2. The van der Waals surface area contributed by atoms with E-state index in [-0.39, 0.29) is 12.2 Å². The van der Waals surface area contributed by atoms with E-state index in [1.165, 1.54) is 18.7 Å². The Hall–Kier alpha value is -2.20. The number of hydrogen-bond donors (Lipinski definition) is 3. The van der Waals surface area contributed by atoms with Gasteiger partial charge in [-0.3, -0.25) is 19.7 Å². The minimum atomic E-state index is -1.18. The number of benzene rings is 1. The summed E-state index contributed by atoms with van der Waals surface area (Å²) in [5.41, 5.74) is -2.08. The number of anilines is 1. The number of aliphatic hydroxyl groups is 1. The molecule has 0 bridgehead atoms. The standard InChI is InChI=1S/C13H16FN3O5S/c1-13(20,7-23-2)6-15-11(18)12(19)16-8-3-4-9(14)10(5-8)17(21)22/h3-5,20H,6-7H2,1-2H3,(H,15,18)(H,16,19). The topological polar surface area (TPSA) is 122 Å². The Morgan fingerprint density at radius 3 is 2.65 bits per heavy atom. The summed E-state index contributed by atoms with van der Waals surface area (Å²) in [5, 5.41) is 24.9. The first kappa shape index (κ1) is 18.8. The highest BCUT2D eigenvalue weighted by Gasteiger charge is 2.23. The molecule has 0 aromatic heterocycles. The van der Waals surface area contributed by atoms with Crippen molar-refractivity contribution in [3.05, 3.63) is 34.1 Å². The molecular formula is C13H16FN3O5S. The molecule has 0 radical (unpaired) electrons. The van der Waals surface area contributed by atoms with Crippen LogP contribution < -0.4 is 10.6 Å². The Morgan fingerprint density at radius 1 is 1.43 bits per heavy atom. The van der Waals surface area contributed by atoms with E-state index < -0.39 is 33.8 Å². The van der Waals surface area contributed by atoms with Gasteiger partial charge >= 0.3 is 17.5 Å². The van der Waals surface area contributed by atoms with Crippen LogP contribution in [0.2, 0.25) is 0 Å². The van der Waals surface area contributed by atoms with Gasteiger partial charge in [-0.05, 0) is 25.3 Å². The molecule has 1 unspecified atom stereocenters. The van der Waals surface area contributed by atoms with Gasteiger partial charge in [-0.2, -0.15) is 16.2 Å². The fourth-order valence-corrected chi connectivity index (χ4v) is 2.36. The van der Waals surface area contributed by atoms with Gasteiger partial charge in [-0.1, -0.05) is 0 Å². The number of thioether (sulfide) groups is 1. The van der Waals surface area contributed by atoms with Crippen molar-refractivity contribution in [2.75, 3.05) is 23.9 Å². The maximum atomic E-state index is 13.2. The average molecular weight is 345 g/mol. The average Bonchev–Trinajstić information content (AvgIpc) is 2.46. The summed E-state index contributed by atoms with van der Waals surface area (Å²) in [4.78, 5) is 33.0. The maximum Gasteiger partial charge on any atom is 0.313 e. The van der Waals surface area contributed by atoms with Crippen molar-refractivity contribution in [2.24, 2.45) is 0 Å². The molecule has 1 atom stereocenters. The number of nitro benzene ring substituents is 1. The number of nitrogens with zero attached hydrogens (tertiary/aromatic N) is 1. The number of amides is 2. The quantitative estimate of drug-likeness (QED) is 0.400. The Labute approximate surface area is 135 Å². The molecule has 10 heteroatoms. The van der Waals surface area contributed by atoms with Gasteiger partial charge in [0, 0.05) is 24.1 Å². The second-order valence-corrected chi connectivity index (χ2v) is 5.86. The van der Waals surface area contributed by atoms with Gasteiger partial charge < -0.3 is 15.7 Å². The lowest BCUT2D eigenvalue weighted by Gasteiger charge is -2.22. The van der Waals surface area contributed by atoms with Gasteiger partial charge in [0.1, 0.15) is 0 Å². The molecule has 0 saturated carbocycles. The highest BCUT2D eigenvalue weighted by molar-refractivity contribution is 7.98. The Balaban J connectivity index is 2.67. The number of rotatable bonds is 6. The minimum Gasteiger partial charge on any atom is -0.387 e. The lowest BCUT2D eigenvalue weighted by atomic mass is 10.1. The zero-order valence-corrected chi connectivity index (χ0v) is 13.3. The van der Waals surface area contributed by atoms with Crippen LogP contribution in [0.25, 0.3) is 0 Å². The molecule has 3 N–H and O–H groups in total. The van der Waals surface area contributed by atoms with Crippen LogP contribution in [0.15, 0.2) is 18.2 Å². The van der Waals surface area contributed by atoms with Crippen molar-refractivity contribution < 1.29 is 24.0 Å². The maximum absolute atomic E-state index is 13.2. The van der Waals surface area contributed by atoms with Crippen molar-refractivity contribution in [3.63, 3.8) is 0 Å². The fraction of sp³-hybridized carbons (Fsp3) is 0.385. The van der Waals surface area contributed by atoms with E-state index in [0.717, 1.165) is 18.2 Å². The molecule has 126 valence electrons. The third kappa shape index (κ3) is 5.83. The lowest BCUT2D eigenvalue weighted by Crippen LogP contribution is -2.45. The number of carbonyl (C=O) groups is 2. The van der Waals surface area contributed by atoms with Gasteiger partial charge in [-0.15, -0.1) is 0 Å². The van der Waals surface area contributed by atoms with Crippen LogP contribution in [0, 0.1) is 15.9 Å². The lowest BCUT2D eigenvalue weighted by molar-refractivity contribution is -0.387. The van der Waals surface area contributed by atoms with Gasteiger partial charge in [0.05, 0.1) is 10.5 Å². The summed E-state index contributed by atoms with van der Waals surface area (Å²) in [6.45, 7) is 1.37. The first-order chi connectivity index (χ1) is 10.7. The van der Waals surface area contributed by atoms with Gasteiger partial charge in [0.15, 0.2) is 0 Å². The molecule has 1 aromatic rings. The summed E-state index contributed by atoms with van der Waals surface area (Å²) < 4.78 is 13.2. The van der Waals surface area contributed by atoms with Crippen molar-refractivity contribution >= 4 is 35.0 Å². The molecule has 23 heavy (non-hydrogen) atoms. The summed E-state index contributed by atoms with van der Waals surface area (Å²) >= 11 is 1.38. The fourth-order valence-electron chi connectivity index (χ4n) is 1.63. The molecule has 0 fully saturated rings. The molecule has 2 amide bonds. The Kier molecular flexibility index (Phi) is 6.46. The highest BCUT2D eigenvalue weighted by Crippen LogP contribution is 2.21. The smallest absolute Gasteiger partial charge is 0.313 e. The Morgan fingerprint density at radius 2 is 2.09 bits per heavy atom. The normalized spacial score (nSPS) is 13.0. The molecule has 0 spiro atoms. The third-order valence-corrected chi connectivity index (χ3v) is 3.60. The zero-order valence-electron chi connectivity index (χ0n) is 12.5. The summed E-state index contributed by atoms with van der Waals surface area (Å²) in [6.07, 6.45) is 1.78. The molecule has 1 rings (SSSR count). The molecule has 1 aromatic carbocycles. The van der Waals surface area contributed by atoms with Crippen LogP contribution >= 0.6 is 11.8 Å². The number of nitrogens with one attached hydrogen (secondary N) is 2. The van der Waals surface area contributed by atoms with Crippen LogP contribution in [-0.2, 0) is 9.59 Å². The first-order valence-electron chi connectivity index (χ1n) is 6.41. The number of carbonyl (C=O) groups excluding carboxylic acids is 2. The molecule has 0 aliphatic heterocycles. The van der Waals surface area contributed by atoms with Crippen molar-refractivity contribution in [1.82, 2.24) is 5.32 Å². The van der Waals surface area contributed by atoms with E-state index >= 15 is 0 Å². The van der Waals surface area contributed by atoms with Crippen LogP contribution in [0.3, 0.4) is 0 Å². The van der Waals surface area contributed by atoms with E-state index in [1.54, 1.807) is 6.26 Å². The third-order valence-electron chi connectivity index (χ3n) is 2.69. The van der Waals surface area contributed by atoms with Gasteiger partial charge in [0.2, 0.25) is 5.82 Å². The SMILES string of the molecule is CSCC(C)(O)CNC(=O)C(=O)Nc1ccc(F)c([N+](=O)[O-])c1. The minimum absolute atomic E-state index is 0.0888. The first-order valence-corrected chi connectivity index (χ1v) is 7.80. The van der Waals surface area contributed by atoms with E-state index in [4.69, 9.17) is 0 Å². The molecule has 0 aliphatic rings. The van der Waals surface area contributed by atoms with Gasteiger partial charge in [-0.25, -0.2) is 0 Å². The van der Waals surface area contributed by atoms with E-state index in [1.807, 2.05) is 0 Å². The summed E-state index contributed by atoms with van der Waals surface area (Å²) in [5.74, 6) is -2.78. The van der Waals surface area contributed by atoms with Crippen LogP contribution in [-0.4, -0.2) is 46.0 Å². The monoisotopic (exact) mass is 345 g/mol. The van der Waals surface area contributed by atoms with E-state index in [9.17, 15) is 29.2 Å². The molecule has 8 nitrogen and oxygen atoms in total. The summed E-state index contributed by atoms with van der Waals surface area (Å²) in [7, 11) is 0. The number of hydrogen-bond acceptors (Lipinski definition) is 6. The van der Waals surface area contributed by atoms with Crippen molar-refractivity contribution in [1.29, 1.82) is 0 Å². The Bertz CT molecular complexity index is 624. The second-order valence-electron chi connectivity index (χ2n) is 4.99. The molecule has 0 heterocycles. The molecule has 0 aliphatic carbocycles. The van der Waals surface area contributed by atoms with E-state index in [2.05, 4.69) is 10.6 Å². The summed E-state index contributed by atoms with van der Waals surface area (Å²) in [6, 6.07) is 2.72. The predicted molar refractivity (Wildman–Crippen MR) is 83.7 cm³/mol. The number of halogens is 1. The zero-order chi connectivity index (χ0) is 17.6. The van der Waals surface area contributed by atoms with Crippen LogP contribution in [0.1, 0.15) is 6.92 Å². The number of nitro groups is 1. The second kappa shape index (κ2) is 7.88. The van der Waals surface area contributed by atoms with E-state index in [0.29, 0.717) is 5.75 Å². The predicted octanol–water partition coefficient (Wildman–Crippen LogP) is 0.903. The van der Waals surface area contributed by atoms with Crippen molar-refractivity contribution in [3.8, 4) is 0 Å². The van der Waals surface area contributed by atoms with Crippen molar-refractivity contribution in [2.45, 2.75) is 12.5 Å². The van der Waals surface area contributed by atoms with Crippen LogP contribution in [0.5, 0.6) is 0 Å².